The van der Waals surface area contributed by atoms with Crippen LogP contribution in [0.5, 0.6) is 0 Å². The lowest BCUT2D eigenvalue weighted by molar-refractivity contribution is -0.139. The molecule has 3 heteroatoms. The average Bonchev–Trinajstić information content (AvgIpc) is 2.26. The van der Waals surface area contributed by atoms with Crippen LogP contribution in [0.3, 0.4) is 0 Å². The highest BCUT2D eigenvalue weighted by molar-refractivity contribution is 5.79. The van der Waals surface area contributed by atoms with E-state index in [1.807, 2.05) is 0 Å². The van der Waals surface area contributed by atoms with Crippen LogP contribution in [0.4, 0.5) is 0 Å². The molecule has 2 saturated heterocycles. The zero-order chi connectivity index (χ0) is 12.4. The molecule has 2 aliphatic rings. The van der Waals surface area contributed by atoms with Gasteiger partial charge in [-0.3, -0.25) is 4.79 Å². The van der Waals surface area contributed by atoms with Crippen molar-refractivity contribution in [1.82, 2.24) is 10.2 Å². The van der Waals surface area contributed by atoms with Gasteiger partial charge in [0.25, 0.3) is 0 Å². The highest BCUT2D eigenvalue weighted by Crippen LogP contribution is 2.25. The Kier molecular flexibility index (Phi) is 4.08. The molecular weight excluding hydrogens is 212 g/mol. The average molecular weight is 238 g/mol. The Morgan fingerprint density at radius 1 is 1.00 bits per heavy atom. The number of rotatable bonds is 1. The second-order valence-electron chi connectivity index (χ2n) is 6.39. The maximum atomic E-state index is 12.5. The summed E-state index contributed by atoms with van der Waals surface area (Å²) in [6, 6.07) is 0. The van der Waals surface area contributed by atoms with Crippen LogP contribution in [0.15, 0.2) is 0 Å². The number of nitrogens with one attached hydrogen (secondary N) is 1. The van der Waals surface area contributed by atoms with Crippen LogP contribution < -0.4 is 5.32 Å². The molecule has 4 atom stereocenters. The lowest BCUT2D eigenvalue weighted by atomic mass is 9.87. The first-order valence-electron chi connectivity index (χ1n) is 7.05. The third kappa shape index (κ3) is 3.21. The molecule has 2 heterocycles. The summed E-state index contributed by atoms with van der Waals surface area (Å²) in [6.07, 6.45) is 2.33. The third-order valence-corrected chi connectivity index (χ3v) is 4.10. The standard InChI is InChI=1S/C14H26N2O/c1-10-5-13(7-15-6-10)14(17)16-8-11(2)4-12(3)9-16/h10-13,15H,4-9H2,1-3H3. The molecule has 0 aromatic heterocycles. The van der Waals surface area contributed by atoms with Crippen LogP contribution in [0.1, 0.15) is 33.6 Å². The molecule has 2 fully saturated rings. The fourth-order valence-corrected chi connectivity index (χ4v) is 3.45. The van der Waals surface area contributed by atoms with Gasteiger partial charge in [-0.2, -0.15) is 0 Å². The number of hydrogen-bond acceptors (Lipinski definition) is 2. The lowest BCUT2D eigenvalue weighted by Crippen LogP contribution is -2.49. The first-order chi connectivity index (χ1) is 8.06. The molecular formula is C14H26N2O. The monoisotopic (exact) mass is 238 g/mol. The van der Waals surface area contributed by atoms with Gasteiger partial charge in [0.15, 0.2) is 0 Å². The number of amides is 1. The predicted octanol–water partition coefficient (Wildman–Crippen LogP) is 1.74. The van der Waals surface area contributed by atoms with Gasteiger partial charge < -0.3 is 10.2 Å². The Labute approximate surface area is 105 Å². The van der Waals surface area contributed by atoms with Crippen LogP contribution in [0.2, 0.25) is 0 Å². The molecule has 17 heavy (non-hydrogen) atoms. The smallest absolute Gasteiger partial charge is 0.226 e. The van der Waals surface area contributed by atoms with Gasteiger partial charge in [0.05, 0.1) is 5.92 Å². The van der Waals surface area contributed by atoms with Gasteiger partial charge in [-0.05, 0) is 37.1 Å². The first kappa shape index (κ1) is 12.9. The van der Waals surface area contributed by atoms with Crippen molar-refractivity contribution in [3.05, 3.63) is 0 Å². The van der Waals surface area contributed by atoms with Gasteiger partial charge in [-0.1, -0.05) is 20.8 Å². The van der Waals surface area contributed by atoms with Gasteiger partial charge in [-0.15, -0.1) is 0 Å². The molecule has 0 spiro atoms. The molecule has 2 rings (SSSR count). The zero-order valence-corrected chi connectivity index (χ0v) is 11.4. The summed E-state index contributed by atoms with van der Waals surface area (Å²) in [4.78, 5) is 14.6. The summed E-state index contributed by atoms with van der Waals surface area (Å²) < 4.78 is 0. The molecule has 0 aromatic rings. The molecule has 3 nitrogen and oxygen atoms in total. The van der Waals surface area contributed by atoms with Crippen molar-refractivity contribution in [3.8, 4) is 0 Å². The minimum atomic E-state index is 0.219. The normalized spacial score (nSPS) is 39.1. The van der Waals surface area contributed by atoms with E-state index in [0.717, 1.165) is 32.6 Å². The maximum absolute atomic E-state index is 12.5. The largest absolute Gasteiger partial charge is 0.342 e. The number of piperidine rings is 2. The minimum absolute atomic E-state index is 0.219. The lowest BCUT2D eigenvalue weighted by Gasteiger charge is -2.38. The number of nitrogens with zero attached hydrogens (tertiary/aromatic N) is 1. The number of hydrogen-bond donors (Lipinski definition) is 1. The number of carbonyl (C=O) groups excluding carboxylic acids is 1. The number of carbonyl (C=O) groups is 1. The van der Waals surface area contributed by atoms with Crippen molar-refractivity contribution in [2.45, 2.75) is 33.6 Å². The fraction of sp³-hybridized carbons (Fsp3) is 0.929. The molecule has 1 amide bonds. The molecule has 4 unspecified atom stereocenters. The first-order valence-corrected chi connectivity index (χ1v) is 7.05. The van der Waals surface area contributed by atoms with E-state index in [2.05, 4.69) is 31.0 Å². The summed E-state index contributed by atoms with van der Waals surface area (Å²) in [7, 11) is 0. The summed E-state index contributed by atoms with van der Waals surface area (Å²) in [5, 5.41) is 3.38. The van der Waals surface area contributed by atoms with Crippen LogP contribution in [-0.2, 0) is 4.79 Å². The van der Waals surface area contributed by atoms with E-state index < -0.39 is 0 Å². The van der Waals surface area contributed by atoms with Crippen LogP contribution in [-0.4, -0.2) is 37.0 Å². The van der Waals surface area contributed by atoms with Gasteiger partial charge in [0.1, 0.15) is 0 Å². The van der Waals surface area contributed by atoms with E-state index in [9.17, 15) is 4.79 Å². The van der Waals surface area contributed by atoms with Crippen LogP contribution >= 0.6 is 0 Å². The van der Waals surface area contributed by atoms with Gasteiger partial charge in [-0.25, -0.2) is 0 Å². The van der Waals surface area contributed by atoms with E-state index in [4.69, 9.17) is 0 Å². The van der Waals surface area contributed by atoms with Crippen molar-refractivity contribution in [2.24, 2.45) is 23.7 Å². The predicted molar refractivity (Wildman–Crippen MR) is 69.7 cm³/mol. The topological polar surface area (TPSA) is 32.3 Å². The molecule has 0 radical (unpaired) electrons. The Bertz CT molecular complexity index is 269. The fourth-order valence-electron chi connectivity index (χ4n) is 3.45. The van der Waals surface area contributed by atoms with Gasteiger partial charge in [0.2, 0.25) is 5.91 Å². The molecule has 98 valence electrons. The van der Waals surface area contributed by atoms with E-state index in [-0.39, 0.29) is 5.92 Å². The van der Waals surface area contributed by atoms with Gasteiger partial charge in [0, 0.05) is 19.6 Å². The van der Waals surface area contributed by atoms with Crippen molar-refractivity contribution in [1.29, 1.82) is 0 Å². The summed E-state index contributed by atoms with van der Waals surface area (Å²) in [5.41, 5.74) is 0. The summed E-state index contributed by atoms with van der Waals surface area (Å²) >= 11 is 0. The van der Waals surface area contributed by atoms with Crippen LogP contribution in [0, 0.1) is 23.7 Å². The SMILES string of the molecule is CC1CNCC(C(=O)N2CC(C)CC(C)C2)C1. The Hall–Kier alpha value is -0.570. The van der Waals surface area contributed by atoms with E-state index in [1.54, 1.807) is 0 Å². The zero-order valence-electron chi connectivity index (χ0n) is 11.4. The second-order valence-corrected chi connectivity index (χ2v) is 6.39. The van der Waals surface area contributed by atoms with E-state index >= 15 is 0 Å². The van der Waals surface area contributed by atoms with Crippen molar-refractivity contribution >= 4 is 5.91 Å². The summed E-state index contributed by atoms with van der Waals surface area (Å²) in [6.45, 7) is 10.6. The van der Waals surface area contributed by atoms with E-state index in [1.165, 1.54) is 6.42 Å². The Morgan fingerprint density at radius 2 is 1.65 bits per heavy atom. The van der Waals surface area contributed by atoms with Gasteiger partial charge >= 0.3 is 0 Å². The van der Waals surface area contributed by atoms with Crippen molar-refractivity contribution in [2.75, 3.05) is 26.2 Å². The Morgan fingerprint density at radius 3 is 2.24 bits per heavy atom. The highest BCUT2D eigenvalue weighted by atomic mass is 16.2. The third-order valence-electron chi connectivity index (χ3n) is 4.10. The molecule has 0 bridgehead atoms. The molecule has 2 aliphatic heterocycles. The van der Waals surface area contributed by atoms with Crippen molar-refractivity contribution in [3.63, 3.8) is 0 Å². The molecule has 0 aliphatic carbocycles. The molecule has 0 saturated carbocycles. The summed E-state index contributed by atoms with van der Waals surface area (Å²) in [5.74, 6) is 2.57. The maximum Gasteiger partial charge on any atom is 0.226 e. The molecule has 1 N–H and O–H groups in total. The quantitative estimate of drug-likeness (QED) is 0.754. The van der Waals surface area contributed by atoms with E-state index in [0.29, 0.717) is 23.7 Å². The highest BCUT2D eigenvalue weighted by Gasteiger charge is 2.32. The number of likely N-dealkylation sites (tertiary alicyclic amines) is 1. The minimum Gasteiger partial charge on any atom is -0.342 e. The van der Waals surface area contributed by atoms with Crippen LogP contribution in [0.25, 0.3) is 0 Å². The Balaban J connectivity index is 1.94. The second kappa shape index (κ2) is 5.38. The van der Waals surface area contributed by atoms with Crippen molar-refractivity contribution < 1.29 is 4.79 Å². The molecule has 0 aromatic carbocycles.